The molecule has 0 saturated carbocycles. The van der Waals surface area contributed by atoms with E-state index in [-0.39, 0.29) is 5.41 Å². The number of rotatable bonds is 4. The lowest BCUT2D eigenvalue weighted by molar-refractivity contribution is 0.581. The number of benzene rings is 1. The van der Waals surface area contributed by atoms with Gasteiger partial charge in [0.25, 0.3) is 0 Å². The van der Waals surface area contributed by atoms with Gasteiger partial charge in [-0.25, -0.2) is 0 Å². The van der Waals surface area contributed by atoms with E-state index in [9.17, 15) is 0 Å². The zero-order valence-electron chi connectivity index (χ0n) is 14.1. The van der Waals surface area contributed by atoms with E-state index in [0.717, 1.165) is 6.42 Å². The minimum absolute atomic E-state index is 0.209. The second-order valence-corrected chi connectivity index (χ2v) is 6.80. The van der Waals surface area contributed by atoms with E-state index in [4.69, 9.17) is 0 Å². The predicted octanol–water partition coefficient (Wildman–Crippen LogP) is 3.53. The van der Waals surface area contributed by atoms with Crippen LogP contribution in [-0.4, -0.2) is 16.8 Å². The molecule has 2 aromatic rings. The summed E-state index contributed by atoms with van der Waals surface area (Å²) < 4.78 is 1.93. The third-order valence-corrected chi connectivity index (χ3v) is 4.26. The van der Waals surface area contributed by atoms with E-state index >= 15 is 0 Å². The Morgan fingerprint density at radius 1 is 1.19 bits per heavy atom. The van der Waals surface area contributed by atoms with Crippen LogP contribution in [0.15, 0.2) is 30.5 Å². The Morgan fingerprint density at radius 2 is 1.81 bits per heavy atom. The molecule has 21 heavy (non-hydrogen) atoms. The summed E-state index contributed by atoms with van der Waals surface area (Å²) in [5.41, 5.74) is 5.44. The highest BCUT2D eigenvalue weighted by atomic mass is 15.3. The van der Waals surface area contributed by atoms with Gasteiger partial charge in [-0.2, -0.15) is 5.10 Å². The molecule has 0 aliphatic carbocycles. The fourth-order valence-electron chi connectivity index (χ4n) is 2.60. The van der Waals surface area contributed by atoms with Gasteiger partial charge >= 0.3 is 0 Å². The van der Waals surface area contributed by atoms with Crippen molar-refractivity contribution in [3.63, 3.8) is 0 Å². The van der Waals surface area contributed by atoms with Crippen molar-refractivity contribution in [2.24, 2.45) is 7.05 Å². The van der Waals surface area contributed by atoms with Crippen molar-refractivity contribution >= 4 is 0 Å². The van der Waals surface area contributed by atoms with Crippen LogP contribution in [0.1, 0.15) is 49.2 Å². The summed E-state index contributed by atoms with van der Waals surface area (Å²) in [6.07, 6.45) is 2.95. The van der Waals surface area contributed by atoms with Crippen molar-refractivity contribution < 1.29 is 0 Å². The third kappa shape index (κ3) is 3.53. The summed E-state index contributed by atoms with van der Waals surface area (Å²) in [7, 11) is 4.00. The highest BCUT2D eigenvalue weighted by Crippen LogP contribution is 2.25. The van der Waals surface area contributed by atoms with Crippen molar-refractivity contribution in [3.8, 4) is 0 Å². The summed E-state index contributed by atoms with van der Waals surface area (Å²) in [4.78, 5) is 0. The molecule has 1 N–H and O–H groups in total. The molecule has 0 spiro atoms. The molecular weight excluding hydrogens is 258 g/mol. The summed E-state index contributed by atoms with van der Waals surface area (Å²) >= 11 is 0. The molecule has 1 heterocycles. The Labute approximate surface area is 128 Å². The molecule has 0 radical (unpaired) electrons. The Kier molecular flexibility index (Phi) is 4.52. The van der Waals surface area contributed by atoms with Gasteiger partial charge in [0.05, 0.1) is 6.20 Å². The van der Waals surface area contributed by atoms with E-state index in [1.165, 1.54) is 22.4 Å². The number of hydrogen-bond donors (Lipinski definition) is 1. The van der Waals surface area contributed by atoms with Gasteiger partial charge in [-0.15, -0.1) is 0 Å². The zero-order valence-corrected chi connectivity index (χ0v) is 14.1. The minimum atomic E-state index is 0.209. The Morgan fingerprint density at radius 3 is 2.24 bits per heavy atom. The second kappa shape index (κ2) is 6.02. The molecule has 2 rings (SSSR count). The van der Waals surface area contributed by atoms with Crippen LogP contribution in [0.25, 0.3) is 0 Å². The van der Waals surface area contributed by atoms with Crippen LogP contribution in [0.3, 0.4) is 0 Å². The topological polar surface area (TPSA) is 29.9 Å². The Bertz CT molecular complexity index is 588. The minimum Gasteiger partial charge on any atom is -0.313 e. The van der Waals surface area contributed by atoms with E-state index in [0.29, 0.717) is 6.04 Å². The molecule has 0 fully saturated rings. The average molecular weight is 285 g/mol. The molecule has 1 aromatic carbocycles. The molecule has 0 aliphatic heterocycles. The van der Waals surface area contributed by atoms with Crippen LogP contribution >= 0.6 is 0 Å². The Balaban J connectivity index is 2.18. The first-order valence-electron chi connectivity index (χ1n) is 7.58. The third-order valence-electron chi connectivity index (χ3n) is 4.26. The average Bonchev–Trinajstić information content (AvgIpc) is 2.76. The van der Waals surface area contributed by atoms with Gasteiger partial charge in [-0.3, -0.25) is 4.68 Å². The SMILES string of the molecule is CNC(Cc1ccc(C(C)(C)C)cc1)c1cnn(C)c1C. The van der Waals surface area contributed by atoms with Crippen LogP contribution in [0.2, 0.25) is 0 Å². The lowest BCUT2D eigenvalue weighted by Gasteiger charge is -2.20. The lowest BCUT2D eigenvalue weighted by atomic mass is 9.86. The summed E-state index contributed by atoms with van der Waals surface area (Å²) in [5, 5.41) is 7.76. The van der Waals surface area contributed by atoms with Crippen molar-refractivity contribution in [2.45, 2.75) is 45.6 Å². The number of nitrogens with one attached hydrogen (secondary N) is 1. The highest BCUT2D eigenvalue weighted by molar-refractivity contribution is 5.30. The monoisotopic (exact) mass is 285 g/mol. The standard InChI is InChI=1S/C18H27N3/c1-13-16(12-20-21(13)6)17(19-5)11-14-7-9-15(10-8-14)18(2,3)4/h7-10,12,17,19H,11H2,1-6H3. The number of likely N-dealkylation sites (N-methyl/N-ethyl adjacent to an activating group) is 1. The normalized spacial score (nSPS) is 13.4. The molecule has 1 aromatic heterocycles. The van der Waals surface area contributed by atoms with Crippen LogP contribution in [0.5, 0.6) is 0 Å². The zero-order chi connectivity index (χ0) is 15.6. The molecule has 3 nitrogen and oxygen atoms in total. The first-order chi connectivity index (χ1) is 9.82. The van der Waals surface area contributed by atoms with Crippen molar-refractivity contribution in [1.29, 1.82) is 0 Å². The fourth-order valence-corrected chi connectivity index (χ4v) is 2.60. The predicted molar refractivity (Wildman–Crippen MR) is 88.6 cm³/mol. The van der Waals surface area contributed by atoms with Gasteiger partial charge in [-0.05, 0) is 36.9 Å². The molecule has 114 valence electrons. The number of aryl methyl sites for hydroxylation is 1. The van der Waals surface area contributed by atoms with Crippen molar-refractivity contribution in [2.75, 3.05) is 7.05 Å². The maximum absolute atomic E-state index is 4.35. The van der Waals surface area contributed by atoms with Crippen LogP contribution in [-0.2, 0) is 18.9 Å². The maximum atomic E-state index is 4.35. The molecule has 3 heteroatoms. The quantitative estimate of drug-likeness (QED) is 0.931. The van der Waals surface area contributed by atoms with E-state index < -0.39 is 0 Å². The van der Waals surface area contributed by atoms with E-state index in [1.54, 1.807) is 0 Å². The number of nitrogens with zero attached hydrogens (tertiary/aromatic N) is 2. The maximum Gasteiger partial charge on any atom is 0.0540 e. The first kappa shape index (κ1) is 15.8. The van der Waals surface area contributed by atoms with Crippen LogP contribution in [0, 0.1) is 6.92 Å². The molecule has 1 atom stereocenters. The van der Waals surface area contributed by atoms with Crippen LogP contribution < -0.4 is 5.32 Å². The molecular formula is C18H27N3. The van der Waals surface area contributed by atoms with Gasteiger partial charge in [0.2, 0.25) is 0 Å². The lowest BCUT2D eigenvalue weighted by Crippen LogP contribution is -2.19. The molecule has 0 saturated heterocycles. The van der Waals surface area contributed by atoms with Crippen molar-refractivity contribution in [1.82, 2.24) is 15.1 Å². The summed E-state index contributed by atoms with van der Waals surface area (Å²) in [6.45, 7) is 8.86. The van der Waals surface area contributed by atoms with Gasteiger partial charge in [0, 0.05) is 24.3 Å². The van der Waals surface area contributed by atoms with Crippen LogP contribution in [0.4, 0.5) is 0 Å². The van der Waals surface area contributed by atoms with E-state index in [2.05, 4.69) is 62.4 Å². The molecule has 1 unspecified atom stereocenters. The largest absolute Gasteiger partial charge is 0.313 e. The number of hydrogen-bond acceptors (Lipinski definition) is 2. The van der Waals surface area contributed by atoms with Gasteiger partial charge in [0.15, 0.2) is 0 Å². The van der Waals surface area contributed by atoms with Gasteiger partial charge in [0.1, 0.15) is 0 Å². The van der Waals surface area contributed by atoms with Gasteiger partial charge < -0.3 is 5.32 Å². The van der Waals surface area contributed by atoms with Gasteiger partial charge in [-0.1, -0.05) is 45.0 Å². The number of aromatic nitrogens is 2. The van der Waals surface area contributed by atoms with E-state index in [1.807, 2.05) is 25.0 Å². The second-order valence-electron chi connectivity index (χ2n) is 6.80. The molecule has 0 aliphatic rings. The summed E-state index contributed by atoms with van der Waals surface area (Å²) in [6, 6.07) is 9.29. The first-order valence-corrected chi connectivity index (χ1v) is 7.58. The Hall–Kier alpha value is -1.61. The highest BCUT2D eigenvalue weighted by Gasteiger charge is 2.17. The molecule has 0 amide bonds. The summed E-state index contributed by atoms with van der Waals surface area (Å²) in [5.74, 6) is 0. The smallest absolute Gasteiger partial charge is 0.0540 e. The van der Waals surface area contributed by atoms with Crippen molar-refractivity contribution in [3.05, 3.63) is 52.8 Å². The molecule has 0 bridgehead atoms. The fraction of sp³-hybridized carbons (Fsp3) is 0.500.